The van der Waals surface area contributed by atoms with Crippen LogP contribution in [0.5, 0.6) is 5.75 Å². The van der Waals surface area contributed by atoms with E-state index in [1.54, 1.807) is 17.5 Å². The minimum Gasteiger partial charge on any atom is -0.406 e. The molecule has 1 atom stereocenters. The van der Waals surface area contributed by atoms with E-state index in [1.807, 2.05) is 0 Å². The predicted molar refractivity (Wildman–Crippen MR) is 88.7 cm³/mol. The number of benzene rings is 1. The highest BCUT2D eigenvalue weighted by molar-refractivity contribution is 7.10. The van der Waals surface area contributed by atoms with Gasteiger partial charge in [0, 0.05) is 10.6 Å². The van der Waals surface area contributed by atoms with Crippen LogP contribution in [0.2, 0.25) is 0 Å². The molecule has 0 saturated heterocycles. The number of amides is 2. The number of carbonyl (C=O) groups is 2. The molecule has 6 nitrogen and oxygen atoms in total. The number of ether oxygens (including phenoxy) is 1. The van der Waals surface area contributed by atoms with Crippen LogP contribution in [0, 0.1) is 0 Å². The van der Waals surface area contributed by atoms with E-state index in [0.717, 1.165) is 24.3 Å². The number of rotatable bonds is 5. The third-order valence-electron chi connectivity index (χ3n) is 3.20. The van der Waals surface area contributed by atoms with Gasteiger partial charge in [0.2, 0.25) is 0 Å². The Labute approximate surface area is 150 Å². The Balaban J connectivity index is 1.88. The van der Waals surface area contributed by atoms with Gasteiger partial charge in [0.1, 0.15) is 11.4 Å². The number of nitrogens with one attached hydrogen (secondary N) is 2. The molecule has 0 aliphatic carbocycles. The molecular weight excluding hydrogens is 373 g/mol. The van der Waals surface area contributed by atoms with E-state index >= 15 is 0 Å². The van der Waals surface area contributed by atoms with Gasteiger partial charge in [0.15, 0.2) is 0 Å². The molecule has 0 aliphatic heterocycles. The zero-order valence-corrected chi connectivity index (χ0v) is 14.3. The molecular formula is C16H15F3N2O4S. The molecule has 2 rings (SSSR count). The van der Waals surface area contributed by atoms with E-state index in [2.05, 4.69) is 15.4 Å². The van der Waals surface area contributed by atoms with Gasteiger partial charge in [-0.3, -0.25) is 9.59 Å². The normalized spacial score (nSPS) is 13.6. The van der Waals surface area contributed by atoms with Gasteiger partial charge in [-0.05, 0) is 42.6 Å². The van der Waals surface area contributed by atoms with E-state index < -0.39 is 29.5 Å². The molecule has 0 saturated carbocycles. The topological polar surface area (TPSA) is 87.7 Å². The second-order valence-electron chi connectivity index (χ2n) is 5.46. The minimum atomic E-state index is -4.82. The summed E-state index contributed by atoms with van der Waals surface area (Å²) in [6.45, 7) is 1.31. The van der Waals surface area contributed by atoms with Crippen molar-refractivity contribution < 1.29 is 32.6 Å². The van der Waals surface area contributed by atoms with E-state index in [-0.39, 0.29) is 12.2 Å². The van der Waals surface area contributed by atoms with Crippen molar-refractivity contribution in [2.24, 2.45) is 0 Å². The van der Waals surface area contributed by atoms with Crippen molar-refractivity contribution in [2.75, 3.05) is 11.9 Å². The van der Waals surface area contributed by atoms with Crippen LogP contribution in [0.1, 0.15) is 11.8 Å². The number of thiophene rings is 1. The van der Waals surface area contributed by atoms with E-state index in [9.17, 15) is 27.9 Å². The Morgan fingerprint density at radius 2 is 1.81 bits per heavy atom. The molecule has 26 heavy (non-hydrogen) atoms. The number of hydrogen-bond donors (Lipinski definition) is 3. The van der Waals surface area contributed by atoms with Crippen molar-refractivity contribution in [3.63, 3.8) is 0 Å². The summed E-state index contributed by atoms with van der Waals surface area (Å²) in [6, 6.07) is 7.77. The molecule has 1 aromatic carbocycles. The molecule has 0 radical (unpaired) electrons. The lowest BCUT2D eigenvalue weighted by Gasteiger charge is -2.22. The second kappa shape index (κ2) is 7.75. The average molecular weight is 388 g/mol. The molecule has 2 amide bonds. The standard InChI is InChI=1S/C16H15F3N2O4S/c1-15(24,12-3-2-8-26-12)9-20-13(22)14(23)21-10-4-6-11(7-5-10)25-16(17,18)19/h2-8,24H,9H2,1H3,(H,20,22)(H,21,23). The minimum absolute atomic E-state index is 0.115. The lowest BCUT2D eigenvalue weighted by Crippen LogP contribution is -2.42. The van der Waals surface area contributed by atoms with Crippen LogP contribution in [0.15, 0.2) is 41.8 Å². The van der Waals surface area contributed by atoms with Gasteiger partial charge in [-0.25, -0.2) is 0 Å². The highest BCUT2D eigenvalue weighted by atomic mass is 32.1. The second-order valence-corrected chi connectivity index (χ2v) is 6.41. The summed E-state index contributed by atoms with van der Waals surface area (Å²) in [6.07, 6.45) is -4.82. The fraction of sp³-hybridized carbons (Fsp3) is 0.250. The van der Waals surface area contributed by atoms with Crippen molar-refractivity contribution in [2.45, 2.75) is 18.9 Å². The first-order valence-corrected chi connectivity index (χ1v) is 8.16. The number of aliphatic hydroxyl groups is 1. The van der Waals surface area contributed by atoms with E-state index in [4.69, 9.17) is 0 Å². The highest BCUT2D eigenvalue weighted by Gasteiger charge is 2.31. The maximum Gasteiger partial charge on any atom is 0.573 e. The number of halogens is 3. The van der Waals surface area contributed by atoms with Gasteiger partial charge in [-0.2, -0.15) is 0 Å². The number of alkyl halides is 3. The van der Waals surface area contributed by atoms with Crippen LogP contribution >= 0.6 is 11.3 Å². The summed E-state index contributed by atoms with van der Waals surface area (Å²) < 4.78 is 39.9. The summed E-state index contributed by atoms with van der Waals surface area (Å²) >= 11 is 1.30. The maximum absolute atomic E-state index is 12.1. The highest BCUT2D eigenvalue weighted by Crippen LogP contribution is 2.25. The molecule has 1 aromatic heterocycles. The Kier molecular flexibility index (Phi) is 5.88. The molecule has 0 aliphatic rings. The first-order chi connectivity index (χ1) is 12.1. The lowest BCUT2D eigenvalue weighted by molar-refractivity contribution is -0.274. The monoisotopic (exact) mass is 388 g/mol. The van der Waals surface area contributed by atoms with Crippen molar-refractivity contribution >= 4 is 28.8 Å². The molecule has 0 spiro atoms. The van der Waals surface area contributed by atoms with Crippen molar-refractivity contribution in [1.29, 1.82) is 0 Å². The van der Waals surface area contributed by atoms with Gasteiger partial charge in [-0.1, -0.05) is 6.07 Å². The number of hydrogen-bond acceptors (Lipinski definition) is 5. The lowest BCUT2D eigenvalue weighted by atomic mass is 10.1. The molecule has 1 heterocycles. The van der Waals surface area contributed by atoms with Gasteiger partial charge in [0.05, 0.1) is 6.54 Å². The molecule has 0 bridgehead atoms. The van der Waals surface area contributed by atoms with Crippen LogP contribution < -0.4 is 15.4 Å². The third-order valence-corrected chi connectivity index (χ3v) is 4.32. The largest absolute Gasteiger partial charge is 0.573 e. The van der Waals surface area contributed by atoms with Crippen LogP contribution in [0.4, 0.5) is 18.9 Å². The smallest absolute Gasteiger partial charge is 0.406 e. The summed E-state index contributed by atoms with van der Waals surface area (Å²) in [5.74, 6) is -2.46. The maximum atomic E-state index is 12.1. The van der Waals surface area contributed by atoms with Crippen LogP contribution in [0.25, 0.3) is 0 Å². The van der Waals surface area contributed by atoms with Crippen molar-refractivity contribution in [1.82, 2.24) is 5.32 Å². The predicted octanol–water partition coefficient (Wildman–Crippen LogP) is 2.61. The van der Waals surface area contributed by atoms with Crippen molar-refractivity contribution in [3.05, 3.63) is 46.7 Å². The fourth-order valence-corrected chi connectivity index (χ4v) is 2.72. The average Bonchev–Trinajstić information content (AvgIpc) is 3.08. The molecule has 0 fully saturated rings. The first kappa shape index (κ1) is 19.7. The van der Waals surface area contributed by atoms with Gasteiger partial charge in [0.25, 0.3) is 0 Å². The van der Waals surface area contributed by atoms with E-state index in [1.165, 1.54) is 18.3 Å². The SMILES string of the molecule is CC(O)(CNC(=O)C(=O)Nc1ccc(OC(F)(F)F)cc1)c1cccs1. The van der Waals surface area contributed by atoms with Gasteiger partial charge in [-0.15, -0.1) is 24.5 Å². The summed E-state index contributed by atoms with van der Waals surface area (Å²) in [4.78, 5) is 24.3. The summed E-state index contributed by atoms with van der Waals surface area (Å²) in [5, 5.41) is 16.6. The third kappa shape index (κ3) is 5.74. The molecule has 1 unspecified atom stereocenters. The zero-order valence-electron chi connectivity index (χ0n) is 13.5. The van der Waals surface area contributed by atoms with Gasteiger partial charge < -0.3 is 20.5 Å². The van der Waals surface area contributed by atoms with Crippen LogP contribution in [-0.4, -0.2) is 29.8 Å². The Morgan fingerprint density at radius 1 is 1.15 bits per heavy atom. The molecule has 10 heteroatoms. The molecule has 3 N–H and O–H groups in total. The van der Waals surface area contributed by atoms with Gasteiger partial charge >= 0.3 is 18.2 Å². The number of anilines is 1. The summed E-state index contributed by atoms with van der Waals surface area (Å²) in [7, 11) is 0. The van der Waals surface area contributed by atoms with E-state index in [0.29, 0.717) is 4.88 Å². The zero-order chi connectivity index (χ0) is 19.4. The Hall–Kier alpha value is -2.59. The molecule has 140 valence electrons. The fourth-order valence-electron chi connectivity index (χ4n) is 1.93. The Morgan fingerprint density at radius 3 is 2.35 bits per heavy atom. The van der Waals surface area contributed by atoms with Crippen molar-refractivity contribution in [3.8, 4) is 5.75 Å². The molecule has 2 aromatic rings. The number of carbonyl (C=O) groups excluding carboxylic acids is 2. The quantitative estimate of drug-likeness (QED) is 0.687. The Bertz CT molecular complexity index is 759. The van der Waals surface area contributed by atoms with Crippen LogP contribution in [-0.2, 0) is 15.2 Å². The van der Waals surface area contributed by atoms with Crippen LogP contribution in [0.3, 0.4) is 0 Å². The summed E-state index contributed by atoms with van der Waals surface area (Å²) in [5.41, 5.74) is -1.22. The first-order valence-electron chi connectivity index (χ1n) is 7.28.